The van der Waals surface area contributed by atoms with Gasteiger partial charge in [0.1, 0.15) is 0 Å². The molecule has 3 rings (SSSR count). The summed E-state index contributed by atoms with van der Waals surface area (Å²) in [5.41, 5.74) is 1.06. The molecule has 1 heterocycles. The predicted octanol–water partition coefficient (Wildman–Crippen LogP) is 0.641. The minimum absolute atomic E-state index is 0.0399. The number of rotatable bonds is 8. The molecule has 1 aromatic carbocycles. The number of nitrogens with zero attached hydrogens (tertiary/aromatic N) is 3. The fraction of sp³-hybridized carbons (Fsp3) is 0.571. The lowest BCUT2D eigenvalue weighted by atomic mass is 10.2. The molecule has 4 amide bonds. The van der Waals surface area contributed by atoms with Gasteiger partial charge in [-0.2, -0.15) is 0 Å². The number of nitrogens with one attached hydrogen (secondary N) is 2. The van der Waals surface area contributed by atoms with E-state index in [1.807, 2.05) is 35.2 Å². The van der Waals surface area contributed by atoms with Gasteiger partial charge in [-0.1, -0.05) is 30.3 Å². The summed E-state index contributed by atoms with van der Waals surface area (Å²) in [7, 11) is 1.74. The Morgan fingerprint density at radius 2 is 1.76 bits per heavy atom. The molecule has 158 valence electrons. The molecule has 0 atom stereocenters. The zero-order valence-electron chi connectivity index (χ0n) is 17.1. The highest BCUT2D eigenvalue weighted by atomic mass is 16.2. The maximum Gasteiger partial charge on any atom is 0.317 e. The van der Waals surface area contributed by atoms with Crippen LogP contribution >= 0.6 is 0 Å². The minimum atomic E-state index is -0.187. The monoisotopic (exact) mass is 401 g/mol. The van der Waals surface area contributed by atoms with Crippen LogP contribution in [0.1, 0.15) is 24.8 Å². The van der Waals surface area contributed by atoms with E-state index in [4.69, 9.17) is 0 Å². The first-order chi connectivity index (χ1) is 14.0. The normalized spacial score (nSPS) is 16.9. The van der Waals surface area contributed by atoms with Gasteiger partial charge in [-0.25, -0.2) is 4.79 Å². The van der Waals surface area contributed by atoms with Crippen LogP contribution in [0.5, 0.6) is 0 Å². The van der Waals surface area contributed by atoms with Crippen molar-refractivity contribution in [1.29, 1.82) is 0 Å². The molecule has 1 aliphatic heterocycles. The van der Waals surface area contributed by atoms with Crippen LogP contribution in [0.25, 0.3) is 0 Å². The third-order valence-corrected chi connectivity index (χ3v) is 5.26. The fourth-order valence-electron chi connectivity index (χ4n) is 3.36. The van der Waals surface area contributed by atoms with Gasteiger partial charge in [-0.05, 0) is 18.4 Å². The second-order valence-electron chi connectivity index (χ2n) is 7.82. The SMILES string of the molecule is CN(Cc1ccccc1)C(=O)NCCC(=O)N1CCN(CC(=O)NC2CC2)CC1. The number of carbonyl (C=O) groups excluding carboxylic acids is 3. The number of hydrogen-bond donors (Lipinski definition) is 2. The van der Waals surface area contributed by atoms with E-state index in [9.17, 15) is 14.4 Å². The van der Waals surface area contributed by atoms with Crippen molar-refractivity contribution >= 4 is 17.8 Å². The fourth-order valence-corrected chi connectivity index (χ4v) is 3.36. The molecule has 2 fully saturated rings. The summed E-state index contributed by atoms with van der Waals surface area (Å²) in [6, 6.07) is 9.97. The van der Waals surface area contributed by atoms with Crippen LogP contribution in [-0.2, 0) is 16.1 Å². The molecule has 2 aliphatic rings. The predicted molar refractivity (Wildman–Crippen MR) is 110 cm³/mol. The average Bonchev–Trinajstić information content (AvgIpc) is 3.53. The molecule has 1 saturated carbocycles. The summed E-state index contributed by atoms with van der Waals surface area (Å²) in [6.07, 6.45) is 2.46. The Balaban J connectivity index is 1.29. The third kappa shape index (κ3) is 7.05. The molecule has 1 aromatic rings. The molecule has 1 aliphatic carbocycles. The van der Waals surface area contributed by atoms with Gasteiger partial charge in [0.15, 0.2) is 0 Å². The van der Waals surface area contributed by atoms with Crippen molar-refractivity contribution in [3.8, 4) is 0 Å². The first kappa shape index (κ1) is 21.1. The molecule has 0 unspecified atom stereocenters. The van der Waals surface area contributed by atoms with E-state index in [0.29, 0.717) is 51.9 Å². The molecule has 1 saturated heterocycles. The minimum Gasteiger partial charge on any atom is -0.352 e. The molecule has 0 spiro atoms. The van der Waals surface area contributed by atoms with Gasteiger partial charge >= 0.3 is 6.03 Å². The quantitative estimate of drug-likeness (QED) is 0.670. The highest BCUT2D eigenvalue weighted by Crippen LogP contribution is 2.18. The first-order valence-electron chi connectivity index (χ1n) is 10.3. The van der Waals surface area contributed by atoms with E-state index in [2.05, 4.69) is 15.5 Å². The summed E-state index contributed by atoms with van der Waals surface area (Å²) >= 11 is 0. The second-order valence-corrected chi connectivity index (χ2v) is 7.82. The molecular formula is C21H31N5O3. The van der Waals surface area contributed by atoms with Crippen LogP contribution < -0.4 is 10.6 Å². The van der Waals surface area contributed by atoms with Crippen LogP contribution in [0.15, 0.2) is 30.3 Å². The van der Waals surface area contributed by atoms with Gasteiger partial charge < -0.3 is 20.4 Å². The van der Waals surface area contributed by atoms with E-state index in [1.54, 1.807) is 11.9 Å². The van der Waals surface area contributed by atoms with Crippen molar-refractivity contribution < 1.29 is 14.4 Å². The van der Waals surface area contributed by atoms with Crippen LogP contribution in [0.2, 0.25) is 0 Å². The van der Waals surface area contributed by atoms with E-state index < -0.39 is 0 Å². The Kier molecular flexibility index (Phi) is 7.46. The van der Waals surface area contributed by atoms with Crippen LogP contribution in [0, 0.1) is 0 Å². The summed E-state index contributed by atoms with van der Waals surface area (Å²) in [5, 5.41) is 5.80. The first-order valence-corrected chi connectivity index (χ1v) is 10.3. The zero-order chi connectivity index (χ0) is 20.6. The summed E-state index contributed by atoms with van der Waals surface area (Å²) in [5.74, 6) is 0.118. The lowest BCUT2D eigenvalue weighted by Gasteiger charge is -2.34. The van der Waals surface area contributed by atoms with E-state index in [1.165, 1.54) is 0 Å². The Labute approximate surface area is 172 Å². The smallest absolute Gasteiger partial charge is 0.317 e. The van der Waals surface area contributed by atoms with Crippen molar-refractivity contribution in [1.82, 2.24) is 25.3 Å². The highest BCUT2D eigenvalue weighted by Gasteiger charge is 2.26. The maximum atomic E-state index is 12.4. The van der Waals surface area contributed by atoms with E-state index >= 15 is 0 Å². The topological polar surface area (TPSA) is 85.0 Å². The second kappa shape index (κ2) is 10.2. The largest absolute Gasteiger partial charge is 0.352 e. The van der Waals surface area contributed by atoms with Gasteiger partial charge in [-0.15, -0.1) is 0 Å². The van der Waals surface area contributed by atoms with Gasteiger partial charge in [0.05, 0.1) is 6.54 Å². The summed E-state index contributed by atoms with van der Waals surface area (Å²) in [6.45, 7) is 3.90. The van der Waals surface area contributed by atoms with Crippen molar-refractivity contribution in [2.45, 2.75) is 31.8 Å². The molecule has 0 bridgehead atoms. The number of benzene rings is 1. The number of hydrogen-bond acceptors (Lipinski definition) is 4. The van der Waals surface area contributed by atoms with E-state index in [-0.39, 0.29) is 24.3 Å². The zero-order valence-corrected chi connectivity index (χ0v) is 17.1. The van der Waals surface area contributed by atoms with Gasteiger partial charge in [0.2, 0.25) is 11.8 Å². The van der Waals surface area contributed by atoms with Crippen molar-refractivity contribution in [2.75, 3.05) is 46.3 Å². The molecular weight excluding hydrogens is 370 g/mol. The highest BCUT2D eigenvalue weighted by molar-refractivity contribution is 5.79. The number of carbonyl (C=O) groups is 3. The maximum absolute atomic E-state index is 12.4. The van der Waals surface area contributed by atoms with Gasteiger partial charge in [-0.3, -0.25) is 14.5 Å². The summed E-state index contributed by atoms with van der Waals surface area (Å²) in [4.78, 5) is 41.9. The molecule has 0 aromatic heterocycles. The lowest BCUT2D eigenvalue weighted by molar-refractivity contribution is -0.133. The summed E-state index contributed by atoms with van der Waals surface area (Å²) < 4.78 is 0. The Morgan fingerprint density at radius 3 is 2.41 bits per heavy atom. The van der Waals surface area contributed by atoms with Crippen LogP contribution in [0.3, 0.4) is 0 Å². The molecule has 2 N–H and O–H groups in total. The third-order valence-electron chi connectivity index (χ3n) is 5.26. The van der Waals surface area contributed by atoms with E-state index in [0.717, 1.165) is 18.4 Å². The Morgan fingerprint density at radius 1 is 1.07 bits per heavy atom. The number of amides is 4. The van der Waals surface area contributed by atoms with Crippen molar-refractivity contribution in [2.24, 2.45) is 0 Å². The molecule has 8 nitrogen and oxygen atoms in total. The van der Waals surface area contributed by atoms with Gasteiger partial charge in [0, 0.05) is 58.8 Å². The lowest BCUT2D eigenvalue weighted by Crippen LogP contribution is -2.51. The average molecular weight is 402 g/mol. The Hall–Kier alpha value is -2.61. The number of piperazine rings is 1. The number of urea groups is 1. The van der Waals surface area contributed by atoms with Crippen LogP contribution in [0.4, 0.5) is 4.79 Å². The van der Waals surface area contributed by atoms with Gasteiger partial charge in [0.25, 0.3) is 0 Å². The Bertz CT molecular complexity index is 700. The standard InChI is InChI=1S/C21H31N5O3/c1-24(15-17-5-3-2-4-6-17)21(29)22-10-9-20(28)26-13-11-25(12-14-26)16-19(27)23-18-7-8-18/h2-6,18H,7-16H2,1H3,(H,22,29)(H,23,27). The molecule has 0 radical (unpaired) electrons. The van der Waals surface area contributed by atoms with Crippen LogP contribution in [-0.4, -0.2) is 84.9 Å². The van der Waals surface area contributed by atoms with Crippen molar-refractivity contribution in [3.63, 3.8) is 0 Å². The molecule has 8 heteroatoms. The molecule has 29 heavy (non-hydrogen) atoms. The van der Waals surface area contributed by atoms with Crippen molar-refractivity contribution in [3.05, 3.63) is 35.9 Å².